The van der Waals surface area contributed by atoms with Gasteiger partial charge in [-0.2, -0.15) is 0 Å². The highest BCUT2D eigenvalue weighted by Crippen LogP contribution is 2.41. The van der Waals surface area contributed by atoms with Crippen LogP contribution in [0.1, 0.15) is 61.3 Å². The van der Waals surface area contributed by atoms with Gasteiger partial charge in [-0.15, -0.1) is 0 Å². The number of amides is 1. The number of nitrogens with zero attached hydrogens (tertiary/aromatic N) is 1. The Morgan fingerprint density at radius 1 is 1.09 bits per heavy atom. The monoisotopic (exact) mass is 435 g/mol. The van der Waals surface area contributed by atoms with Crippen molar-refractivity contribution in [2.45, 2.75) is 39.7 Å². The van der Waals surface area contributed by atoms with Crippen molar-refractivity contribution in [1.29, 1.82) is 0 Å². The Balaban J connectivity index is 1.81. The van der Waals surface area contributed by atoms with Crippen molar-refractivity contribution < 1.29 is 18.7 Å². The number of carbonyl (C=O) groups is 1. The van der Waals surface area contributed by atoms with Crippen molar-refractivity contribution in [3.05, 3.63) is 69.6 Å². The van der Waals surface area contributed by atoms with Gasteiger partial charge in [0.15, 0.2) is 16.9 Å². The van der Waals surface area contributed by atoms with E-state index < -0.39 is 6.04 Å². The molecule has 4 rings (SSSR count). The van der Waals surface area contributed by atoms with Crippen molar-refractivity contribution in [2.75, 3.05) is 20.3 Å². The van der Waals surface area contributed by atoms with E-state index in [4.69, 9.17) is 13.9 Å². The molecule has 0 saturated heterocycles. The number of benzene rings is 2. The third kappa shape index (κ3) is 3.85. The number of methoxy groups -OCH3 is 1. The Bertz CT molecular complexity index is 1200. The van der Waals surface area contributed by atoms with E-state index in [1.165, 1.54) is 0 Å². The third-order valence-electron chi connectivity index (χ3n) is 5.79. The molecule has 2 heterocycles. The zero-order chi connectivity index (χ0) is 22.8. The van der Waals surface area contributed by atoms with E-state index in [9.17, 15) is 9.59 Å². The smallest absolute Gasteiger partial charge is 0.290 e. The summed E-state index contributed by atoms with van der Waals surface area (Å²) in [4.78, 5) is 28.4. The zero-order valence-electron chi connectivity index (χ0n) is 19.0. The summed E-state index contributed by atoms with van der Waals surface area (Å²) in [5, 5.41) is 0.475. The lowest BCUT2D eigenvalue weighted by Gasteiger charge is -2.25. The van der Waals surface area contributed by atoms with Gasteiger partial charge < -0.3 is 18.8 Å². The van der Waals surface area contributed by atoms with Crippen LogP contribution in [0.5, 0.6) is 11.5 Å². The molecule has 3 aromatic rings. The first kappa shape index (κ1) is 21.9. The molecular formula is C26H29NO5. The highest BCUT2D eigenvalue weighted by Gasteiger charge is 2.42. The van der Waals surface area contributed by atoms with Crippen LogP contribution in [0, 0.1) is 5.92 Å². The molecule has 0 saturated carbocycles. The first-order valence-corrected chi connectivity index (χ1v) is 11.1. The third-order valence-corrected chi connectivity index (χ3v) is 5.79. The average molecular weight is 436 g/mol. The fourth-order valence-corrected chi connectivity index (χ4v) is 4.16. The van der Waals surface area contributed by atoms with E-state index in [1.54, 1.807) is 36.3 Å². The first-order valence-electron chi connectivity index (χ1n) is 11.1. The van der Waals surface area contributed by atoms with Crippen LogP contribution in [0.25, 0.3) is 11.0 Å². The molecule has 0 radical (unpaired) electrons. The van der Waals surface area contributed by atoms with Crippen LogP contribution in [0.3, 0.4) is 0 Å². The van der Waals surface area contributed by atoms with Gasteiger partial charge in [0, 0.05) is 6.54 Å². The average Bonchev–Trinajstić information content (AvgIpc) is 3.06. The molecule has 2 aromatic carbocycles. The molecule has 1 atom stereocenters. The lowest BCUT2D eigenvalue weighted by Crippen LogP contribution is -2.30. The van der Waals surface area contributed by atoms with E-state index in [1.807, 2.05) is 25.1 Å². The number of hydrogen-bond donors (Lipinski definition) is 0. The van der Waals surface area contributed by atoms with Crippen molar-refractivity contribution in [3.63, 3.8) is 0 Å². The molecule has 1 amide bonds. The van der Waals surface area contributed by atoms with Crippen molar-refractivity contribution >= 4 is 16.9 Å². The van der Waals surface area contributed by atoms with Crippen molar-refractivity contribution in [3.8, 4) is 11.5 Å². The minimum atomic E-state index is -0.531. The summed E-state index contributed by atoms with van der Waals surface area (Å²) >= 11 is 0. The second-order valence-electron chi connectivity index (χ2n) is 8.51. The van der Waals surface area contributed by atoms with Gasteiger partial charge in [0.1, 0.15) is 5.58 Å². The Labute approximate surface area is 187 Å². The van der Waals surface area contributed by atoms with Crippen LogP contribution >= 0.6 is 0 Å². The maximum atomic E-state index is 13.4. The Hall–Kier alpha value is -3.28. The normalized spacial score (nSPS) is 15.5. The van der Waals surface area contributed by atoms with Gasteiger partial charge in [0.05, 0.1) is 30.7 Å². The molecule has 0 fully saturated rings. The minimum Gasteiger partial charge on any atom is -0.493 e. The summed E-state index contributed by atoms with van der Waals surface area (Å²) in [5.41, 5.74) is 1.43. The molecule has 0 N–H and O–H groups in total. The van der Waals surface area contributed by atoms with Crippen LogP contribution in [0.15, 0.2) is 51.7 Å². The number of para-hydroxylation sites is 1. The Morgan fingerprint density at radius 2 is 1.88 bits per heavy atom. The maximum absolute atomic E-state index is 13.4. The van der Waals surface area contributed by atoms with Crippen LogP contribution in [-0.4, -0.2) is 31.1 Å². The first-order chi connectivity index (χ1) is 15.5. The number of ether oxygens (including phenoxy) is 2. The van der Waals surface area contributed by atoms with Crippen LogP contribution in [-0.2, 0) is 0 Å². The summed E-state index contributed by atoms with van der Waals surface area (Å²) in [6.45, 7) is 7.41. The van der Waals surface area contributed by atoms with Crippen LogP contribution in [0.2, 0.25) is 0 Å². The number of hydrogen-bond acceptors (Lipinski definition) is 5. The molecule has 6 nitrogen and oxygen atoms in total. The lowest BCUT2D eigenvalue weighted by atomic mass is 9.98. The topological polar surface area (TPSA) is 69.0 Å². The van der Waals surface area contributed by atoms with E-state index in [0.29, 0.717) is 47.1 Å². The summed E-state index contributed by atoms with van der Waals surface area (Å²) in [6, 6.07) is 12.1. The predicted molar refractivity (Wildman–Crippen MR) is 124 cm³/mol. The number of carbonyl (C=O) groups excluding carboxylic acids is 1. The summed E-state index contributed by atoms with van der Waals surface area (Å²) in [6.07, 6.45) is 1.70. The molecule has 0 spiro atoms. The van der Waals surface area contributed by atoms with Gasteiger partial charge in [0.2, 0.25) is 5.76 Å². The number of fused-ring (bicyclic) bond motifs is 2. The molecule has 1 unspecified atom stereocenters. The summed E-state index contributed by atoms with van der Waals surface area (Å²) < 4.78 is 17.4. The van der Waals surface area contributed by atoms with Gasteiger partial charge in [-0.05, 0) is 48.6 Å². The fraction of sp³-hybridized carbons (Fsp3) is 0.385. The Morgan fingerprint density at radius 3 is 2.59 bits per heavy atom. The molecule has 1 aromatic heterocycles. The molecule has 1 aliphatic heterocycles. The predicted octanol–water partition coefficient (Wildman–Crippen LogP) is 5.18. The van der Waals surface area contributed by atoms with Crippen molar-refractivity contribution in [2.24, 2.45) is 5.92 Å². The zero-order valence-corrected chi connectivity index (χ0v) is 19.0. The molecule has 168 valence electrons. The SMILES string of the molecule is CCCN1C(=O)c2oc3ccccc3c(=O)c2C1c1ccc(OCCC(C)C)c(OC)c1. The summed E-state index contributed by atoms with van der Waals surface area (Å²) in [7, 11) is 1.59. The van der Waals surface area contributed by atoms with E-state index >= 15 is 0 Å². The molecule has 6 heteroatoms. The van der Waals surface area contributed by atoms with Crippen LogP contribution < -0.4 is 14.9 Å². The molecule has 1 aliphatic rings. The second-order valence-corrected chi connectivity index (χ2v) is 8.51. The minimum absolute atomic E-state index is 0.128. The highest BCUT2D eigenvalue weighted by atomic mass is 16.5. The largest absolute Gasteiger partial charge is 0.493 e. The molecular weight excluding hydrogens is 406 g/mol. The van der Waals surface area contributed by atoms with E-state index in [2.05, 4.69) is 13.8 Å². The van der Waals surface area contributed by atoms with E-state index in [-0.39, 0.29) is 17.1 Å². The maximum Gasteiger partial charge on any atom is 0.290 e. The second kappa shape index (κ2) is 9.07. The fourth-order valence-electron chi connectivity index (χ4n) is 4.16. The van der Waals surface area contributed by atoms with Gasteiger partial charge in [-0.25, -0.2) is 0 Å². The molecule has 0 bridgehead atoms. The van der Waals surface area contributed by atoms with Gasteiger partial charge >= 0.3 is 0 Å². The molecule has 32 heavy (non-hydrogen) atoms. The van der Waals surface area contributed by atoms with Gasteiger partial charge in [-0.1, -0.05) is 39.0 Å². The summed E-state index contributed by atoms with van der Waals surface area (Å²) in [5.74, 6) is 1.63. The molecule has 0 aliphatic carbocycles. The number of rotatable bonds is 8. The van der Waals surface area contributed by atoms with Crippen molar-refractivity contribution in [1.82, 2.24) is 4.90 Å². The van der Waals surface area contributed by atoms with E-state index in [0.717, 1.165) is 18.4 Å². The van der Waals surface area contributed by atoms with Gasteiger partial charge in [0.25, 0.3) is 5.91 Å². The van der Waals surface area contributed by atoms with Gasteiger partial charge in [-0.3, -0.25) is 9.59 Å². The quantitative estimate of drug-likeness (QED) is 0.488. The lowest BCUT2D eigenvalue weighted by molar-refractivity contribution is 0.0728. The Kier molecular flexibility index (Phi) is 6.21. The van der Waals surface area contributed by atoms with Crippen LogP contribution in [0.4, 0.5) is 0 Å². The highest BCUT2D eigenvalue weighted by molar-refractivity contribution is 5.99. The standard InChI is InChI=1S/C26H29NO5/c1-5-13-27-23(17-10-11-20(21(15-17)30-4)31-14-12-16(2)3)22-24(28)18-8-6-7-9-19(18)32-25(22)26(27)29/h6-11,15-16,23H,5,12-14H2,1-4H3.